The van der Waals surface area contributed by atoms with E-state index in [1.807, 2.05) is 32.0 Å². The molecule has 0 aliphatic carbocycles. The topological polar surface area (TPSA) is 30.5 Å². The molecule has 0 radical (unpaired) electrons. The predicted octanol–water partition coefficient (Wildman–Crippen LogP) is 2.63. The molecule has 3 nitrogen and oxygen atoms in total. The molecule has 1 N–H and O–H groups in total. The van der Waals surface area contributed by atoms with E-state index in [0.29, 0.717) is 6.54 Å². The van der Waals surface area contributed by atoms with Crippen LogP contribution in [-0.2, 0) is 6.54 Å². The average molecular weight is 270 g/mol. The Kier molecular flexibility index (Phi) is 8.02. The van der Waals surface area contributed by atoms with E-state index in [0.717, 1.165) is 23.6 Å². The van der Waals surface area contributed by atoms with Crippen LogP contribution in [0.25, 0.3) is 0 Å². The molecule has 0 spiro atoms. The lowest BCUT2D eigenvalue weighted by atomic mass is 10.2. The maximum absolute atomic E-state index is 5.64. The number of terminal acetylenes is 1. The summed E-state index contributed by atoms with van der Waals surface area (Å²) in [5.74, 6) is 4.05. The van der Waals surface area contributed by atoms with Gasteiger partial charge in [-0.2, -0.15) is 0 Å². The van der Waals surface area contributed by atoms with Crippen molar-refractivity contribution in [2.45, 2.75) is 26.5 Å². The minimum Gasteiger partial charge on any atom is -0.493 e. The molecule has 1 aromatic carbocycles. The summed E-state index contributed by atoms with van der Waals surface area (Å²) in [6.07, 6.45) is 5.30. The van der Waals surface area contributed by atoms with Crippen LogP contribution in [0.3, 0.4) is 0 Å². The van der Waals surface area contributed by atoms with Gasteiger partial charge in [0, 0.05) is 6.54 Å². The summed E-state index contributed by atoms with van der Waals surface area (Å²) in [5, 5.41) is 3.13. The van der Waals surface area contributed by atoms with Crippen molar-refractivity contribution in [3.05, 3.63) is 23.8 Å². The summed E-state index contributed by atoms with van der Waals surface area (Å²) in [7, 11) is 1.64. The molecule has 100 valence electrons. The van der Waals surface area contributed by atoms with Crippen LogP contribution in [-0.4, -0.2) is 19.8 Å². The van der Waals surface area contributed by atoms with Crippen molar-refractivity contribution >= 4 is 12.4 Å². The molecule has 0 aliphatic heterocycles. The molecule has 0 unspecified atom stereocenters. The van der Waals surface area contributed by atoms with E-state index < -0.39 is 0 Å². The highest BCUT2D eigenvalue weighted by Crippen LogP contribution is 2.28. The highest BCUT2D eigenvalue weighted by Gasteiger charge is 2.07. The van der Waals surface area contributed by atoms with E-state index in [4.69, 9.17) is 15.9 Å². The van der Waals surface area contributed by atoms with Crippen LogP contribution in [0.1, 0.15) is 19.4 Å². The van der Waals surface area contributed by atoms with Crippen molar-refractivity contribution in [2.75, 3.05) is 13.7 Å². The second-order valence-corrected chi connectivity index (χ2v) is 3.96. The van der Waals surface area contributed by atoms with Crippen LogP contribution in [0.5, 0.6) is 11.5 Å². The summed E-state index contributed by atoms with van der Waals surface area (Å²) >= 11 is 0. The first-order chi connectivity index (χ1) is 8.17. The fraction of sp³-hybridized carbons (Fsp3) is 0.429. The Morgan fingerprint density at radius 3 is 2.61 bits per heavy atom. The van der Waals surface area contributed by atoms with Gasteiger partial charge in [-0.25, -0.2) is 0 Å². The number of methoxy groups -OCH3 is 1. The van der Waals surface area contributed by atoms with Gasteiger partial charge in [-0.1, -0.05) is 12.0 Å². The van der Waals surface area contributed by atoms with Crippen LogP contribution >= 0.6 is 12.4 Å². The molecular weight excluding hydrogens is 250 g/mol. The largest absolute Gasteiger partial charge is 0.493 e. The summed E-state index contributed by atoms with van der Waals surface area (Å²) < 4.78 is 10.9. The van der Waals surface area contributed by atoms with Gasteiger partial charge in [0.25, 0.3) is 0 Å². The van der Waals surface area contributed by atoms with Crippen molar-refractivity contribution in [1.29, 1.82) is 0 Å². The zero-order chi connectivity index (χ0) is 12.7. The molecule has 4 heteroatoms. The van der Waals surface area contributed by atoms with Crippen molar-refractivity contribution in [1.82, 2.24) is 5.32 Å². The Balaban J connectivity index is 0.00000289. The number of rotatable bonds is 6. The first-order valence-corrected chi connectivity index (χ1v) is 5.65. The minimum atomic E-state index is 0. The van der Waals surface area contributed by atoms with Gasteiger partial charge in [-0.3, -0.25) is 0 Å². The molecule has 0 fully saturated rings. The van der Waals surface area contributed by atoms with E-state index in [1.165, 1.54) is 0 Å². The Hall–Kier alpha value is -1.37. The van der Waals surface area contributed by atoms with Crippen LogP contribution in [0, 0.1) is 12.3 Å². The smallest absolute Gasteiger partial charge is 0.161 e. The molecule has 0 aliphatic rings. The minimum absolute atomic E-state index is 0. The third-order valence-electron chi connectivity index (χ3n) is 2.15. The highest BCUT2D eigenvalue weighted by molar-refractivity contribution is 5.85. The number of nitrogens with one attached hydrogen (secondary N) is 1. The van der Waals surface area contributed by atoms with Crippen molar-refractivity contribution in [3.63, 3.8) is 0 Å². The number of halogens is 1. The number of ether oxygens (including phenoxy) is 2. The lowest BCUT2D eigenvalue weighted by Gasteiger charge is -2.14. The first-order valence-electron chi connectivity index (χ1n) is 5.65. The summed E-state index contributed by atoms with van der Waals surface area (Å²) in [6, 6.07) is 5.89. The molecule has 1 rings (SSSR count). The SMILES string of the molecule is C#CCNCc1ccc(OC(C)C)c(OC)c1.Cl. The van der Waals surface area contributed by atoms with Crippen LogP contribution in [0.2, 0.25) is 0 Å². The van der Waals surface area contributed by atoms with E-state index in [9.17, 15) is 0 Å². The lowest BCUT2D eigenvalue weighted by molar-refractivity contribution is 0.230. The highest BCUT2D eigenvalue weighted by atomic mass is 35.5. The van der Waals surface area contributed by atoms with Crippen LogP contribution in [0.15, 0.2) is 18.2 Å². The standard InChI is InChI=1S/C14H19NO2.ClH/c1-5-8-15-10-12-6-7-13(17-11(2)3)14(9-12)16-4;/h1,6-7,9,11,15H,8,10H2,2-4H3;1H. The molecule has 0 aromatic heterocycles. The number of benzene rings is 1. The lowest BCUT2D eigenvalue weighted by Crippen LogP contribution is -2.13. The molecule has 0 atom stereocenters. The average Bonchev–Trinajstić information content (AvgIpc) is 2.30. The van der Waals surface area contributed by atoms with Crippen molar-refractivity contribution in [3.8, 4) is 23.8 Å². The zero-order valence-electron chi connectivity index (χ0n) is 11.0. The van der Waals surface area contributed by atoms with Crippen LogP contribution < -0.4 is 14.8 Å². The van der Waals surface area contributed by atoms with Crippen molar-refractivity contribution < 1.29 is 9.47 Å². The van der Waals surface area contributed by atoms with Gasteiger partial charge >= 0.3 is 0 Å². The normalized spacial score (nSPS) is 9.50. The third-order valence-corrected chi connectivity index (χ3v) is 2.15. The third kappa shape index (κ3) is 5.31. The van der Waals surface area contributed by atoms with Gasteiger partial charge in [-0.05, 0) is 31.5 Å². The second kappa shape index (κ2) is 8.68. The number of hydrogen-bond acceptors (Lipinski definition) is 3. The molecule has 0 heterocycles. The van der Waals surface area contributed by atoms with Gasteiger partial charge < -0.3 is 14.8 Å². The molecule has 0 saturated carbocycles. The summed E-state index contributed by atoms with van der Waals surface area (Å²) in [4.78, 5) is 0. The fourth-order valence-electron chi connectivity index (χ4n) is 1.45. The molecular formula is C14H20ClNO2. The van der Waals surface area contributed by atoms with E-state index in [2.05, 4.69) is 11.2 Å². The van der Waals surface area contributed by atoms with Gasteiger partial charge in [0.05, 0.1) is 19.8 Å². The Labute approximate surface area is 115 Å². The van der Waals surface area contributed by atoms with Gasteiger partial charge in [0.15, 0.2) is 11.5 Å². The predicted molar refractivity (Wildman–Crippen MR) is 76.5 cm³/mol. The molecule has 0 saturated heterocycles. The fourth-order valence-corrected chi connectivity index (χ4v) is 1.45. The zero-order valence-corrected chi connectivity index (χ0v) is 11.8. The van der Waals surface area contributed by atoms with E-state index >= 15 is 0 Å². The first kappa shape index (κ1) is 16.6. The Morgan fingerprint density at radius 1 is 1.33 bits per heavy atom. The molecule has 0 bridgehead atoms. The van der Waals surface area contributed by atoms with Gasteiger partial charge in [0.1, 0.15) is 0 Å². The van der Waals surface area contributed by atoms with Crippen molar-refractivity contribution in [2.24, 2.45) is 0 Å². The monoisotopic (exact) mass is 269 g/mol. The number of hydrogen-bond donors (Lipinski definition) is 1. The van der Waals surface area contributed by atoms with E-state index in [1.54, 1.807) is 7.11 Å². The molecule has 1 aromatic rings. The maximum Gasteiger partial charge on any atom is 0.161 e. The van der Waals surface area contributed by atoms with E-state index in [-0.39, 0.29) is 18.5 Å². The summed E-state index contributed by atoms with van der Waals surface area (Å²) in [6.45, 7) is 5.26. The van der Waals surface area contributed by atoms with Crippen LogP contribution in [0.4, 0.5) is 0 Å². The molecule has 0 amide bonds. The Bertz CT molecular complexity index is 399. The Morgan fingerprint density at radius 2 is 2.06 bits per heavy atom. The summed E-state index contributed by atoms with van der Waals surface area (Å²) in [5.41, 5.74) is 1.12. The molecule has 18 heavy (non-hydrogen) atoms. The van der Waals surface area contributed by atoms with Gasteiger partial charge in [0.2, 0.25) is 0 Å². The quantitative estimate of drug-likeness (QED) is 0.636. The second-order valence-electron chi connectivity index (χ2n) is 3.96. The van der Waals surface area contributed by atoms with Gasteiger partial charge in [-0.15, -0.1) is 18.8 Å². The maximum atomic E-state index is 5.64.